The van der Waals surface area contributed by atoms with Crippen LogP contribution in [0.5, 0.6) is 5.75 Å². The van der Waals surface area contributed by atoms with Crippen LogP contribution in [0, 0.1) is 6.92 Å². The molecule has 1 amide bonds. The van der Waals surface area contributed by atoms with Crippen LogP contribution in [0.3, 0.4) is 0 Å². The molecule has 3 aromatic carbocycles. The van der Waals surface area contributed by atoms with E-state index >= 15 is 0 Å². The maximum absolute atomic E-state index is 13.5. The van der Waals surface area contributed by atoms with Gasteiger partial charge in [-0.2, -0.15) is 0 Å². The maximum atomic E-state index is 13.5. The van der Waals surface area contributed by atoms with E-state index in [0.29, 0.717) is 0 Å². The largest absolute Gasteiger partial charge is 0.496 e. The normalized spacial score (nSPS) is 18.7. The minimum absolute atomic E-state index is 0.176. The molecule has 1 aliphatic rings. The molecular weight excluding hydrogens is 362 g/mol. The van der Waals surface area contributed by atoms with Crippen LogP contribution in [0.2, 0.25) is 0 Å². The molecule has 5 heteroatoms. The molecule has 0 unspecified atom stereocenters. The summed E-state index contributed by atoms with van der Waals surface area (Å²) in [5.74, 6) is 0.788. The number of hydrogen-bond donors (Lipinski definition) is 1. The Morgan fingerprint density at radius 2 is 1.62 bits per heavy atom. The second-order valence-corrected chi connectivity index (χ2v) is 7.18. The number of aliphatic imine (C=N–C) groups is 1. The van der Waals surface area contributed by atoms with Crippen LogP contribution in [0.25, 0.3) is 11.1 Å². The summed E-state index contributed by atoms with van der Waals surface area (Å²) in [7, 11) is 3.28. The SMILES string of the molecule is COc1ccc([C@]2(c3cccc(-c4ccccc4)c3)N=C(N)N(C)C2=O)cc1C. The lowest BCUT2D eigenvalue weighted by molar-refractivity contribution is -0.129. The highest BCUT2D eigenvalue weighted by atomic mass is 16.5. The van der Waals surface area contributed by atoms with Crippen LogP contribution < -0.4 is 10.5 Å². The van der Waals surface area contributed by atoms with E-state index in [1.54, 1.807) is 14.2 Å². The van der Waals surface area contributed by atoms with Gasteiger partial charge in [0.1, 0.15) is 5.75 Å². The highest BCUT2D eigenvalue weighted by molar-refractivity contribution is 6.09. The van der Waals surface area contributed by atoms with E-state index in [1.807, 2.05) is 79.7 Å². The Labute approximate surface area is 170 Å². The molecule has 2 N–H and O–H groups in total. The molecule has 0 saturated heterocycles. The number of methoxy groups -OCH3 is 1. The minimum Gasteiger partial charge on any atom is -0.496 e. The number of nitrogens with two attached hydrogens (primary N) is 1. The average Bonchev–Trinajstić information content (AvgIpc) is 2.99. The van der Waals surface area contributed by atoms with Crippen molar-refractivity contribution in [3.05, 3.63) is 89.5 Å². The summed E-state index contributed by atoms with van der Waals surface area (Å²) in [6, 6.07) is 23.7. The molecular formula is C24H23N3O2. The molecule has 0 aromatic heterocycles. The van der Waals surface area contributed by atoms with Gasteiger partial charge < -0.3 is 10.5 Å². The fourth-order valence-corrected chi connectivity index (χ4v) is 3.84. The smallest absolute Gasteiger partial charge is 0.266 e. The van der Waals surface area contributed by atoms with Crippen molar-refractivity contribution in [2.45, 2.75) is 12.5 Å². The average molecular weight is 385 g/mol. The summed E-state index contributed by atoms with van der Waals surface area (Å²) in [6.07, 6.45) is 0. The number of ether oxygens (including phenoxy) is 1. The van der Waals surface area contributed by atoms with Gasteiger partial charge in [0.05, 0.1) is 7.11 Å². The number of aryl methyl sites for hydroxylation is 1. The van der Waals surface area contributed by atoms with E-state index in [4.69, 9.17) is 10.5 Å². The van der Waals surface area contributed by atoms with Gasteiger partial charge in [0, 0.05) is 7.05 Å². The number of guanidine groups is 1. The Morgan fingerprint density at radius 3 is 2.24 bits per heavy atom. The van der Waals surface area contributed by atoms with E-state index in [9.17, 15) is 4.79 Å². The first kappa shape index (κ1) is 18.7. The van der Waals surface area contributed by atoms with Gasteiger partial charge in [-0.1, -0.05) is 54.6 Å². The molecule has 0 fully saturated rings. The highest BCUT2D eigenvalue weighted by Crippen LogP contribution is 2.41. The van der Waals surface area contributed by atoms with Crippen LogP contribution in [0.4, 0.5) is 0 Å². The molecule has 146 valence electrons. The number of nitrogens with zero attached hydrogens (tertiary/aromatic N) is 2. The third kappa shape index (κ3) is 2.95. The number of carbonyl (C=O) groups is 1. The number of carbonyl (C=O) groups excluding carboxylic acids is 1. The van der Waals surface area contributed by atoms with E-state index in [-0.39, 0.29) is 11.9 Å². The Hall–Kier alpha value is -3.60. The first-order valence-electron chi connectivity index (χ1n) is 9.42. The van der Waals surface area contributed by atoms with Gasteiger partial charge in [-0.15, -0.1) is 0 Å². The lowest BCUT2D eigenvalue weighted by Gasteiger charge is -2.27. The summed E-state index contributed by atoms with van der Waals surface area (Å²) in [5.41, 5.74) is 9.43. The monoisotopic (exact) mass is 385 g/mol. The van der Waals surface area contributed by atoms with Crippen molar-refractivity contribution in [2.75, 3.05) is 14.2 Å². The standard InChI is InChI=1S/C24H23N3O2/c1-16-14-20(12-13-21(16)29-3)24(22(28)27(2)23(25)26-24)19-11-7-10-18(15-19)17-8-5-4-6-9-17/h4-15H,1-3H3,(H2,25,26)/t24-/m0/s1. The van der Waals surface area contributed by atoms with Crippen LogP contribution in [0.15, 0.2) is 77.8 Å². The zero-order valence-electron chi connectivity index (χ0n) is 16.7. The van der Waals surface area contributed by atoms with Gasteiger partial charge in [-0.05, 0) is 52.9 Å². The second kappa shape index (κ2) is 7.09. The molecule has 0 saturated carbocycles. The molecule has 1 heterocycles. The van der Waals surface area contributed by atoms with Crippen molar-refractivity contribution < 1.29 is 9.53 Å². The minimum atomic E-state index is -1.22. The molecule has 5 nitrogen and oxygen atoms in total. The third-order valence-corrected chi connectivity index (χ3v) is 5.44. The lowest BCUT2D eigenvalue weighted by atomic mass is 9.81. The summed E-state index contributed by atoms with van der Waals surface area (Å²) in [4.78, 5) is 19.5. The fourth-order valence-electron chi connectivity index (χ4n) is 3.84. The molecule has 3 aromatic rings. The van der Waals surface area contributed by atoms with E-state index in [2.05, 4.69) is 4.99 Å². The maximum Gasteiger partial charge on any atom is 0.266 e. The van der Waals surface area contributed by atoms with Crippen LogP contribution >= 0.6 is 0 Å². The van der Waals surface area contributed by atoms with Crippen LogP contribution in [-0.2, 0) is 10.3 Å². The summed E-state index contributed by atoms with van der Waals surface area (Å²) < 4.78 is 5.39. The van der Waals surface area contributed by atoms with Crippen molar-refractivity contribution >= 4 is 11.9 Å². The molecule has 0 bridgehead atoms. The predicted octanol–water partition coefficient (Wildman–Crippen LogP) is 3.70. The molecule has 0 spiro atoms. The summed E-state index contributed by atoms with van der Waals surface area (Å²) in [5, 5.41) is 0. The first-order valence-corrected chi connectivity index (χ1v) is 9.42. The fraction of sp³-hybridized carbons (Fsp3) is 0.167. The quantitative estimate of drug-likeness (QED) is 0.745. The molecule has 29 heavy (non-hydrogen) atoms. The molecule has 4 rings (SSSR count). The van der Waals surface area contributed by atoms with Crippen molar-refractivity contribution in [2.24, 2.45) is 10.7 Å². The van der Waals surface area contributed by atoms with Crippen molar-refractivity contribution in [1.82, 2.24) is 4.90 Å². The van der Waals surface area contributed by atoms with Gasteiger partial charge >= 0.3 is 0 Å². The topological polar surface area (TPSA) is 67.9 Å². The second-order valence-electron chi connectivity index (χ2n) is 7.18. The lowest BCUT2D eigenvalue weighted by Crippen LogP contribution is -2.41. The predicted molar refractivity (Wildman–Crippen MR) is 115 cm³/mol. The van der Waals surface area contributed by atoms with E-state index < -0.39 is 5.54 Å². The number of amides is 1. The Bertz CT molecular complexity index is 1110. The van der Waals surface area contributed by atoms with Crippen molar-refractivity contribution in [3.63, 3.8) is 0 Å². The van der Waals surface area contributed by atoms with Crippen LogP contribution in [-0.4, -0.2) is 30.9 Å². The van der Waals surface area contributed by atoms with Crippen molar-refractivity contribution in [3.8, 4) is 16.9 Å². The third-order valence-electron chi connectivity index (χ3n) is 5.44. The van der Waals surface area contributed by atoms with Gasteiger partial charge in [-0.25, -0.2) is 4.99 Å². The summed E-state index contributed by atoms with van der Waals surface area (Å²) in [6.45, 7) is 1.95. The van der Waals surface area contributed by atoms with E-state index in [1.165, 1.54) is 4.90 Å². The van der Waals surface area contributed by atoms with Crippen LogP contribution in [0.1, 0.15) is 16.7 Å². The zero-order chi connectivity index (χ0) is 20.6. The van der Waals surface area contributed by atoms with E-state index in [0.717, 1.165) is 33.6 Å². The number of likely N-dealkylation sites (N-methyl/N-ethyl adjacent to an activating group) is 1. The number of rotatable bonds is 4. The van der Waals surface area contributed by atoms with Gasteiger partial charge in [0.15, 0.2) is 11.5 Å². The molecule has 1 atom stereocenters. The summed E-state index contributed by atoms with van der Waals surface area (Å²) >= 11 is 0. The molecule has 0 aliphatic carbocycles. The number of benzene rings is 3. The van der Waals surface area contributed by atoms with Crippen molar-refractivity contribution in [1.29, 1.82) is 0 Å². The van der Waals surface area contributed by atoms with Gasteiger partial charge in [-0.3, -0.25) is 9.69 Å². The first-order chi connectivity index (χ1) is 14.0. The molecule has 0 radical (unpaired) electrons. The zero-order valence-corrected chi connectivity index (χ0v) is 16.7. The number of hydrogen-bond acceptors (Lipinski definition) is 4. The Morgan fingerprint density at radius 1 is 0.931 bits per heavy atom. The molecule has 1 aliphatic heterocycles. The Balaban J connectivity index is 1.94. The van der Waals surface area contributed by atoms with Gasteiger partial charge in [0.2, 0.25) is 0 Å². The Kier molecular flexibility index (Phi) is 4.59. The highest BCUT2D eigenvalue weighted by Gasteiger charge is 2.49. The van der Waals surface area contributed by atoms with Gasteiger partial charge in [0.25, 0.3) is 5.91 Å².